The summed E-state index contributed by atoms with van der Waals surface area (Å²) < 4.78 is 13.0. The van der Waals surface area contributed by atoms with E-state index in [0.717, 1.165) is 11.1 Å². The Bertz CT molecular complexity index is 1010. The van der Waals surface area contributed by atoms with Crippen LogP contribution in [0.2, 0.25) is 0 Å². The Morgan fingerprint density at radius 2 is 1.72 bits per heavy atom. The Labute approximate surface area is 188 Å². The van der Waals surface area contributed by atoms with Crippen LogP contribution >= 0.6 is 0 Å². The molecule has 4 rings (SSSR count). The van der Waals surface area contributed by atoms with Crippen molar-refractivity contribution in [2.45, 2.75) is 55.9 Å². The highest BCUT2D eigenvalue weighted by atomic mass is 19.1. The summed E-state index contributed by atoms with van der Waals surface area (Å²) in [5, 5.41) is 34.0. The predicted molar refractivity (Wildman–Crippen MR) is 119 cm³/mol. The first-order valence-corrected chi connectivity index (χ1v) is 11.3. The molecule has 0 aromatic heterocycles. The number of hydroxylamine groups is 3. The zero-order chi connectivity index (χ0) is 23.0. The maximum absolute atomic E-state index is 13.9. The van der Waals surface area contributed by atoms with Gasteiger partial charge in [0.1, 0.15) is 11.2 Å². The van der Waals surface area contributed by atoms with Crippen LogP contribution in [0, 0.1) is 28.3 Å². The van der Waals surface area contributed by atoms with Crippen LogP contribution in [0.25, 0.3) is 0 Å². The van der Waals surface area contributed by atoms with Gasteiger partial charge in [-0.3, -0.25) is 4.79 Å². The summed E-state index contributed by atoms with van der Waals surface area (Å²) >= 11 is 0. The van der Waals surface area contributed by atoms with Gasteiger partial charge in [0.2, 0.25) is 0 Å². The molecule has 1 aliphatic carbocycles. The van der Waals surface area contributed by atoms with Crippen molar-refractivity contribution in [1.29, 1.82) is 5.26 Å². The lowest BCUT2D eigenvalue weighted by Crippen LogP contribution is -2.64. The summed E-state index contributed by atoms with van der Waals surface area (Å²) in [5.41, 5.74) is -0.181. The fourth-order valence-electron chi connectivity index (χ4n) is 6.06. The molecule has 1 saturated heterocycles. The second kappa shape index (κ2) is 8.31. The van der Waals surface area contributed by atoms with E-state index in [1.165, 1.54) is 12.1 Å². The number of carboxylic acid groups (broad SMARTS) is 1. The van der Waals surface area contributed by atoms with E-state index < -0.39 is 21.4 Å². The SMILES string of the molecule is C[C@@H]1C[N+]([O-])(C2CCC(C#N)(c3ccc(F)cc3)CC2)CC[C@]1(C(=O)O)c1ccccc1. The first-order chi connectivity index (χ1) is 15.3. The average molecular weight is 437 g/mol. The van der Waals surface area contributed by atoms with Crippen LogP contribution in [0.5, 0.6) is 0 Å². The second-order valence-corrected chi connectivity index (χ2v) is 9.58. The maximum atomic E-state index is 13.9. The molecule has 1 saturated carbocycles. The third kappa shape index (κ3) is 3.60. The van der Waals surface area contributed by atoms with Gasteiger partial charge >= 0.3 is 5.97 Å². The molecule has 3 atom stereocenters. The van der Waals surface area contributed by atoms with E-state index in [9.17, 15) is 24.8 Å². The second-order valence-electron chi connectivity index (χ2n) is 9.58. The Balaban J connectivity index is 1.52. The minimum absolute atomic E-state index is 0.151. The first-order valence-electron chi connectivity index (χ1n) is 11.3. The molecule has 2 aromatic rings. The third-order valence-corrected chi connectivity index (χ3v) is 8.06. The number of carbonyl (C=O) groups is 1. The lowest BCUT2D eigenvalue weighted by molar-refractivity contribution is -0.916. The van der Waals surface area contributed by atoms with Gasteiger partial charge in [0, 0.05) is 25.2 Å². The fourth-order valence-corrected chi connectivity index (χ4v) is 6.06. The highest BCUT2D eigenvalue weighted by Crippen LogP contribution is 2.47. The van der Waals surface area contributed by atoms with Crippen LogP contribution in [-0.2, 0) is 15.6 Å². The van der Waals surface area contributed by atoms with Gasteiger partial charge in [0.05, 0.1) is 30.6 Å². The van der Waals surface area contributed by atoms with Crippen molar-refractivity contribution >= 4 is 5.97 Å². The van der Waals surface area contributed by atoms with Crippen LogP contribution in [0.1, 0.15) is 50.2 Å². The molecule has 2 aromatic carbocycles. The van der Waals surface area contributed by atoms with Crippen LogP contribution in [0.15, 0.2) is 54.6 Å². The number of nitriles is 1. The van der Waals surface area contributed by atoms with Gasteiger partial charge in [-0.2, -0.15) is 5.26 Å². The molecule has 2 aliphatic rings. The van der Waals surface area contributed by atoms with E-state index in [4.69, 9.17) is 0 Å². The molecule has 6 heteroatoms. The Kier molecular flexibility index (Phi) is 5.83. The van der Waals surface area contributed by atoms with Crippen molar-refractivity contribution in [2.75, 3.05) is 13.1 Å². The van der Waals surface area contributed by atoms with Crippen molar-refractivity contribution in [1.82, 2.24) is 0 Å². The van der Waals surface area contributed by atoms with Gasteiger partial charge in [0.15, 0.2) is 0 Å². The first kappa shape index (κ1) is 22.4. The summed E-state index contributed by atoms with van der Waals surface area (Å²) in [7, 11) is 0. The number of halogens is 1. The maximum Gasteiger partial charge on any atom is 0.314 e. The normalized spacial score (nSPS) is 35.1. The Morgan fingerprint density at radius 3 is 2.25 bits per heavy atom. The molecule has 5 nitrogen and oxygen atoms in total. The highest BCUT2D eigenvalue weighted by molar-refractivity contribution is 5.82. The predicted octanol–water partition coefficient (Wildman–Crippen LogP) is 4.91. The van der Waals surface area contributed by atoms with Gasteiger partial charge in [-0.1, -0.05) is 49.4 Å². The summed E-state index contributed by atoms with van der Waals surface area (Å²) in [6.07, 6.45) is 2.62. The third-order valence-electron chi connectivity index (χ3n) is 8.06. The number of rotatable bonds is 4. The van der Waals surface area contributed by atoms with Crippen molar-refractivity contribution in [3.8, 4) is 6.07 Å². The van der Waals surface area contributed by atoms with E-state index in [0.29, 0.717) is 32.1 Å². The molecule has 32 heavy (non-hydrogen) atoms. The summed E-state index contributed by atoms with van der Waals surface area (Å²) in [5.74, 6) is -1.51. The summed E-state index contributed by atoms with van der Waals surface area (Å²) in [4.78, 5) is 12.4. The van der Waals surface area contributed by atoms with Crippen molar-refractivity contribution in [3.05, 3.63) is 76.7 Å². The number of benzene rings is 2. The van der Waals surface area contributed by atoms with Crippen molar-refractivity contribution in [3.63, 3.8) is 0 Å². The van der Waals surface area contributed by atoms with Gasteiger partial charge in [0.25, 0.3) is 0 Å². The molecule has 1 unspecified atom stereocenters. The van der Waals surface area contributed by atoms with Crippen LogP contribution in [-0.4, -0.2) is 34.9 Å². The van der Waals surface area contributed by atoms with E-state index in [1.54, 1.807) is 12.1 Å². The number of quaternary nitrogens is 1. The van der Waals surface area contributed by atoms with Gasteiger partial charge in [-0.15, -0.1) is 0 Å². The number of hydrogen-bond donors (Lipinski definition) is 1. The minimum Gasteiger partial charge on any atom is -0.633 e. The van der Waals surface area contributed by atoms with E-state index in [1.807, 2.05) is 37.3 Å². The molecule has 1 aliphatic heterocycles. The molecular weight excluding hydrogens is 407 g/mol. The number of carboxylic acids is 1. The zero-order valence-corrected chi connectivity index (χ0v) is 18.3. The molecule has 0 amide bonds. The summed E-state index contributed by atoms with van der Waals surface area (Å²) in [6.45, 7) is 2.39. The molecular formula is C26H29FN2O3. The van der Waals surface area contributed by atoms with Gasteiger partial charge in [-0.05, 0) is 36.1 Å². The molecule has 1 heterocycles. The van der Waals surface area contributed by atoms with Crippen molar-refractivity contribution in [2.24, 2.45) is 5.92 Å². The van der Waals surface area contributed by atoms with Crippen LogP contribution in [0.3, 0.4) is 0 Å². The van der Waals surface area contributed by atoms with Gasteiger partial charge in [-0.25, -0.2) is 4.39 Å². The highest BCUT2D eigenvalue weighted by Gasteiger charge is 2.54. The zero-order valence-electron chi connectivity index (χ0n) is 18.3. The Morgan fingerprint density at radius 1 is 1.09 bits per heavy atom. The number of piperidine rings is 1. The number of aliphatic carboxylic acids is 1. The molecule has 168 valence electrons. The molecule has 0 bridgehead atoms. The quantitative estimate of drug-likeness (QED) is 0.545. The number of hydrogen-bond acceptors (Lipinski definition) is 3. The molecule has 2 fully saturated rings. The van der Waals surface area contributed by atoms with Crippen LogP contribution in [0.4, 0.5) is 4.39 Å². The van der Waals surface area contributed by atoms with E-state index >= 15 is 0 Å². The number of nitrogens with zero attached hydrogens (tertiary/aromatic N) is 2. The van der Waals surface area contributed by atoms with Gasteiger partial charge < -0.3 is 15.0 Å². The average Bonchev–Trinajstić information content (AvgIpc) is 2.80. The monoisotopic (exact) mass is 436 g/mol. The lowest BCUT2D eigenvalue weighted by Gasteiger charge is -2.58. The number of likely N-dealkylation sites (tertiary alicyclic amines) is 1. The standard InChI is InChI=1S/C26H29FN2O3/c1-19-17-29(32,16-15-26(19,24(30)31)21-5-3-2-4-6-21)23-11-13-25(18-28,14-12-23)20-7-9-22(27)10-8-20/h2-10,19,23H,11-17H2,1H3,(H,30,31)/t19-,23?,25?,26-,29?/m1/s1. The van der Waals surface area contributed by atoms with Crippen molar-refractivity contribution < 1.29 is 18.9 Å². The molecule has 1 N–H and O–H groups in total. The molecule has 0 spiro atoms. The minimum atomic E-state index is -1.05. The fraction of sp³-hybridized carbons (Fsp3) is 0.462. The van der Waals surface area contributed by atoms with E-state index in [2.05, 4.69) is 6.07 Å². The molecule has 0 radical (unpaired) electrons. The van der Waals surface area contributed by atoms with Crippen LogP contribution < -0.4 is 0 Å². The largest absolute Gasteiger partial charge is 0.633 e. The van der Waals surface area contributed by atoms with E-state index in [-0.39, 0.29) is 30.9 Å². The summed E-state index contributed by atoms with van der Waals surface area (Å²) in [6, 6.07) is 17.6. The topological polar surface area (TPSA) is 84.1 Å². The smallest absolute Gasteiger partial charge is 0.314 e. The lowest BCUT2D eigenvalue weighted by atomic mass is 9.65. The Hall–Kier alpha value is -2.75.